The number of rotatable bonds is 10. The van der Waals surface area contributed by atoms with E-state index in [4.69, 9.17) is 14.2 Å². The maximum absolute atomic E-state index is 12.5. The summed E-state index contributed by atoms with van der Waals surface area (Å²) in [4.78, 5) is 12.5. The van der Waals surface area contributed by atoms with Gasteiger partial charge in [0.2, 0.25) is 0 Å². The minimum atomic E-state index is -0.494. The van der Waals surface area contributed by atoms with Crippen LogP contribution in [0.5, 0.6) is 17.2 Å². The molecule has 0 saturated carbocycles. The summed E-state index contributed by atoms with van der Waals surface area (Å²) in [5.74, 6) is 2.07. The van der Waals surface area contributed by atoms with Crippen molar-refractivity contribution in [3.05, 3.63) is 53.6 Å². The third-order valence-corrected chi connectivity index (χ3v) is 5.05. The van der Waals surface area contributed by atoms with Crippen molar-refractivity contribution in [1.82, 2.24) is 5.32 Å². The first kappa shape index (κ1) is 23.6. The summed E-state index contributed by atoms with van der Waals surface area (Å²) in [5.41, 5.74) is 2.47. The Bertz CT molecular complexity index is 809. The molecule has 1 amide bonds. The molecule has 0 saturated heterocycles. The second-order valence-corrected chi connectivity index (χ2v) is 8.37. The van der Waals surface area contributed by atoms with Gasteiger partial charge in [-0.1, -0.05) is 45.9 Å². The first-order chi connectivity index (χ1) is 14.3. The lowest BCUT2D eigenvalue weighted by Crippen LogP contribution is -2.38. The molecule has 0 bridgehead atoms. The number of carbonyl (C=O) groups excluding carboxylic acids is 1. The van der Waals surface area contributed by atoms with Crippen molar-refractivity contribution in [1.29, 1.82) is 0 Å². The minimum absolute atomic E-state index is 0.0790. The Labute approximate surface area is 180 Å². The molecule has 0 aliphatic heterocycles. The SMILES string of the molecule is CC[C@@H](Oc1ccc(C(C)(C)C)cc1)C(=O)NCCCc1ccc(OC)c(OC)c1. The van der Waals surface area contributed by atoms with Crippen molar-refractivity contribution in [3.8, 4) is 17.2 Å². The topological polar surface area (TPSA) is 56.8 Å². The van der Waals surface area contributed by atoms with Crippen molar-refractivity contribution < 1.29 is 19.0 Å². The molecule has 1 N–H and O–H groups in total. The van der Waals surface area contributed by atoms with Gasteiger partial charge in [0.15, 0.2) is 17.6 Å². The number of methoxy groups -OCH3 is 2. The monoisotopic (exact) mass is 413 g/mol. The number of carbonyl (C=O) groups is 1. The molecule has 2 aromatic rings. The lowest BCUT2D eigenvalue weighted by molar-refractivity contribution is -0.128. The van der Waals surface area contributed by atoms with Crippen LogP contribution in [-0.4, -0.2) is 32.8 Å². The molecule has 2 aromatic carbocycles. The van der Waals surface area contributed by atoms with Crippen molar-refractivity contribution in [2.24, 2.45) is 0 Å². The van der Waals surface area contributed by atoms with Gasteiger partial charge in [-0.25, -0.2) is 0 Å². The Morgan fingerprint density at radius 3 is 2.23 bits per heavy atom. The Morgan fingerprint density at radius 1 is 1.00 bits per heavy atom. The highest BCUT2D eigenvalue weighted by molar-refractivity contribution is 5.81. The molecule has 5 nitrogen and oxygen atoms in total. The van der Waals surface area contributed by atoms with E-state index in [0.29, 0.717) is 18.7 Å². The number of ether oxygens (including phenoxy) is 3. The maximum Gasteiger partial charge on any atom is 0.261 e. The van der Waals surface area contributed by atoms with Crippen molar-refractivity contribution >= 4 is 5.91 Å². The summed E-state index contributed by atoms with van der Waals surface area (Å²) >= 11 is 0. The van der Waals surface area contributed by atoms with E-state index in [0.717, 1.165) is 29.9 Å². The van der Waals surface area contributed by atoms with Gasteiger partial charge in [0.1, 0.15) is 5.75 Å². The van der Waals surface area contributed by atoms with Crippen LogP contribution in [0.25, 0.3) is 0 Å². The summed E-state index contributed by atoms with van der Waals surface area (Å²) in [6.07, 6.45) is 1.79. The average molecular weight is 414 g/mol. The number of benzene rings is 2. The lowest BCUT2D eigenvalue weighted by Gasteiger charge is -2.21. The van der Waals surface area contributed by atoms with Gasteiger partial charge in [0.05, 0.1) is 14.2 Å². The van der Waals surface area contributed by atoms with Crippen molar-refractivity contribution in [2.75, 3.05) is 20.8 Å². The zero-order chi connectivity index (χ0) is 22.1. The predicted molar refractivity (Wildman–Crippen MR) is 121 cm³/mol. The third kappa shape index (κ3) is 6.68. The molecule has 0 unspecified atom stereocenters. The summed E-state index contributed by atoms with van der Waals surface area (Å²) in [7, 11) is 3.25. The molecule has 0 heterocycles. The molecular weight excluding hydrogens is 378 g/mol. The molecule has 0 aliphatic rings. The van der Waals surface area contributed by atoms with E-state index in [1.807, 2.05) is 37.3 Å². The Hall–Kier alpha value is -2.69. The van der Waals surface area contributed by atoms with Crippen LogP contribution in [0.2, 0.25) is 0 Å². The number of nitrogens with one attached hydrogen (secondary N) is 1. The summed E-state index contributed by atoms with van der Waals surface area (Å²) < 4.78 is 16.5. The van der Waals surface area contributed by atoms with Crippen LogP contribution in [-0.2, 0) is 16.6 Å². The lowest BCUT2D eigenvalue weighted by atomic mass is 9.87. The normalized spacial score (nSPS) is 12.2. The Morgan fingerprint density at radius 2 is 1.67 bits per heavy atom. The molecule has 1 atom stereocenters. The van der Waals surface area contributed by atoms with Crippen LogP contribution >= 0.6 is 0 Å². The smallest absolute Gasteiger partial charge is 0.261 e. The van der Waals surface area contributed by atoms with Crippen LogP contribution in [0.1, 0.15) is 51.7 Å². The number of amides is 1. The fourth-order valence-corrected chi connectivity index (χ4v) is 3.17. The van der Waals surface area contributed by atoms with Crippen LogP contribution < -0.4 is 19.5 Å². The van der Waals surface area contributed by atoms with E-state index in [9.17, 15) is 4.79 Å². The molecule has 0 spiro atoms. The zero-order valence-electron chi connectivity index (χ0n) is 19.1. The van der Waals surface area contributed by atoms with Gasteiger partial charge in [0.25, 0.3) is 5.91 Å². The standard InChI is InChI=1S/C25H35NO4/c1-7-21(30-20-13-11-19(12-14-20)25(2,3)4)24(27)26-16-8-9-18-10-15-22(28-5)23(17-18)29-6/h10-15,17,21H,7-9,16H2,1-6H3,(H,26,27)/t21-/m1/s1. The van der Waals surface area contributed by atoms with E-state index in [-0.39, 0.29) is 11.3 Å². The zero-order valence-corrected chi connectivity index (χ0v) is 19.1. The Kier molecular flexibility index (Phi) is 8.58. The molecule has 0 fully saturated rings. The van der Waals surface area contributed by atoms with E-state index >= 15 is 0 Å². The first-order valence-electron chi connectivity index (χ1n) is 10.5. The van der Waals surface area contributed by atoms with Crippen LogP contribution in [0, 0.1) is 0 Å². The summed E-state index contributed by atoms with van der Waals surface area (Å²) in [5, 5.41) is 2.99. The van der Waals surface area contributed by atoms with Crippen molar-refractivity contribution in [2.45, 2.75) is 58.5 Å². The largest absolute Gasteiger partial charge is 0.493 e. The highest BCUT2D eigenvalue weighted by atomic mass is 16.5. The quantitative estimate of drug-likeness (QED) is 0.563. The van der Waals surface area contributed by atoms with Crippen molar-refractivity contribution in [3.63, 3.8) is 0 Å². The first-order valence-corrected chi connectivity index (χ1v) is 10.5. The van der Waals surface area contributed by atoms with E-state index in [1.54, 1.807) is 14.2 Å². The van der Waals surface area contributed by atoms with E-state index in [2.05, 4.69) is 38.2 Å². The molecular formula is C25H35NO4. The maximum atomic E-state index is 12.5. The highest BCUT2D eigenvalue weighted by Gasteiger charge is 2.19. The molecule has 0 aromatic heterocycles. The predicted octanol–water partition coefficient (Wildman–Crippen LogP) is 4.91. The van der Waals surface area contributed by atoms with E-state index < -0.39 is 6.10 Å². The average Bonchev–Trinajstić information content (AvgIpc) is 2.74. The van der Waals surface area contributed by atoms with Crippen LogP contribution in [0.4, 0.5) is 0 Å². The second kappa shape index (κ2) is 10.9. The number of hydrogen-bond acceptors (Lipinski definition) is 4. The van der Waals surface area contributed by atoms with Crippen LogP contribution in [0.3, 0.4) is 0 Å². The van der Waals surface area contributed by atoms with Gasteiger partial charge in [-0.2, -0.15) is 0 Å². The fourth-order valence-electron chi connectivity index (χ4n) is 3.17. The van der Waals surface area contributed by atoms with Gasteiger partial charge in [-0.05, 0) is 60.1 Å². The third-order valence-electron chi connectivity index (χ3n) is 5.05. The molecule has 0 aliphatic carbocycles. The fraction of sp³-hybridized carbons (Fsp3) is 0.480. The number of aryl methyl sites for hydroxylation is 1. The van der Waals surface area contributed by atoms with E-state index in [1.165, 1.54) is 5.56 Å². The van der Waals surface area contributed by atoms with Gasteiger partial charge in [-0.15, -0.1) is 0 Å². The molecule has 0 radical (unpaired) electrons. The highest BCUT2D eigenvalue weighted by Crippen LogP contribution is 2.28. The van der Waals surface area contributed by atoms with Crippen LogP contribution in [0.15, 0.2) is 42.5 Å². The summed E-state index contributed by atoms with van der Waals surface area (Å²) in [6, 6.07) is 13.9. The van der Waals surface area contributed by atoms with Gasteiger partial charge >= 0.3 is 0 Å². The number of hydrogen-bond donors (Lipinski definition) is 1. The van der Waals surface area contributed by atoms with Gasteiger partial charge in [-0.3, -0.25) is 4.79 Å². The summed E-state index contributed by atoms with van der Waals surface area (Å²) in [6.45, 7) is 9.07. The van der Waals surface area contributed by atoms with Gasteiger partial charge in [0, 0.05) is 6.54 Å². The molecule has 164 valence electrons. The second-order valence-electron chi connectivity index (χ2n) is 8.37. The Balaban J connectivity index is 1.83. The van der Waals surface area contributed by atoms with Gasteiger partial charge < -0.3 is 19.5 Å². The molecule has 5 heteroatoms. The molecule has 2 rings (SSSR count). The minimum Gasteiger partial charge on any atom is -0.493 e. The molecule has 30 heavy (non-hydrogen) atoms.